The van der Waals surface area contributed by atoms with Crippen molar-refractivity contribution >= 4 is 40.2 Å². The number of rotatable bonds is 2. The molecule has 0 atom stereocenters. The number of benzene rings is 1. The Labute approximate surface area is 115 Å². The second kappa shape index (κ2) is 5.00. The number of hydrogen-bond donors (Lipinski definition) is 1. The van der Waals surface area contributed by atoms with Crippen molar-refractivity contribution in [3.63, 3.8) is 0 Å². The first-order valence-electron chi connectivity index (χ1n) is 5.38. The molecule has 0 aliphatic carbocycles. The number of nitrogens with two attached hydrogens (primary N) is 1. The smallest absolute Gasteiger partial charge is 0.268 e. The van der Waals surface area contributed by atoms with Crippen molar-refractivity contribution in [3.8, 4) is 0 Å². The summed E-state index contributed by atoms with van der Waals surface area (Å²) in [6, 6.07) is 7.02. The lowest BCUT2D eigenvalue weighted by molar-refractivity contribution is 0.0996. The highest BCUT2D eigenvalue weighted by Gasteiger charge is 2.18. The Morgan fingerprint density at radius 2 is 2.11 bits per heavy atom. The second-order valence-electron chi connectivity index (χ2n) is 4.00. The molecule has 0 spiro atoms. The molecular formula is C13H13ClN2OS. The van der Waals surface area contributed by atoms with Crippen LogP contribution in [0.4, 0.5) is 11.4 Å². The molecule has 5 heteroatoms. The third-order valence-electron chi connectivity index (χ3n) is 2.71. The molecule has 18 heavy (non-hydrogen) atoms. The van der Waals surface area contributed by atoms with Crippen LogP contribution in [0.25, 0.3) is 0 Å². The predicted molar refractivity (Wildman–Crippen MR) is 77.7 cm³/mol. The fourth-order valence-corrected chi connectivity index (χ4v) is 2.73. The minimum atomic E-state index is -0.0727. The van der Waals surface area contributed by atoms with Crippen LogP contribution in [0.15, 0.2) is 29.6 Å². The summed E-state index contributed by atoms with van der Waals surface area (Å²) >= 11 is 7.36. The maximum absolute atomic E-state index is 12.3. The minimum absolute atomic E-state index is 0.0727. The van der Waals surface area contributed by atoms with E-state index >= 15 is 0 Å². The van der Waals surface area contributed by atoms with E-state index < -0.39 is 0 Å². The van der Waals surface area contributed by atoms with Crippen molar-refractivity contribution < 1.29 is 4.79 Å². The summed E-state index contributed by atoms with van der Waals surface area (Å²) in [5.74, 6) is -0.0727. The molecule has 0 unspecified atom stereocenters. The predicted octanol–water partition coefficient (Wildman–Crippen LogP) is 3.57. The number of amides is 1. The van der Waals surface area contributed by atoms with Gasteiger partial charge in [-0.05, 0) is 42.1 Å². The third kappa shape index (κ3) is 2.35. The molecule has 94 valence electrons. The van der Waals surface area contributed by atoms with Crippen LogP contribution in [-0.2, 0) is 0 Å². The molecule has 3 nitrogen and oxygen atoms in total. The maximum Gasteiger partial charge on any atom is 0.268 e. The summed E-state index contributed by atoms with van der Waals surface area (Å²) in [4.78, 5) is 14.6. The van der Waals surface area contributed by atoms with Gasteiger partial charge in [-0.25, -0.2) is 0 Å². The number of hydrogen-bond acceptors (Lipinski definition) is 3. The molecular weight excluding hydrogens is 268 g/mol. The number of anilines is 2. The SMILES string of the molecule is Cc1ccsc1C(=O)N(C)c1cc(Cl)ccc1N. The standard InChI is InChI=1S/C13H13ClN2OS/c1-8-5-6-18-12(8)13(17)16(2)11-7-9(14)3-4-10(11)15/h3-7H,15H2,1-2H3. The molecule has 1 aromatic carbocycles. The van der Waals surface area contributed by atoms with Crippen LogP contribution in [0.5, 0.6) is 0 Å². The second-order valence-corrected chi connectivity index (χ2v) is 5.35. The number of carbonyl (C=O) groups excluding carboxylic acids is 1. The topological polar surface area (TPSA) is 46.3 Å². The first kappa shape index (κ1) is 12.9. The van der Waals surface area contributed by atoms with Gasteiger partial charge in [-0.2, -0.15) is 0 Å². The zero-order valence-corrected chi connectivity index (χ0v) is 11.7. The molecule has 0 saturated carbocycles. The summed E-state index contributed by atoms with van der Waals surface area (Å²) in [6.45, 7) is 1.92. The van der Waals surface area contributed by atoms with E-state index in [-0.39, 0.29) is 5.91 Å². The average molecular weight is 281 g/mol. The highest BCUT2D eigenvalue weighted by molar-refractivity contribution is 7.12. The molecule has 2 rings (SSSR count). The first-order chi connectivity index (χ1) is 8.50. The van der Waals surface area contributed by atoms with E-state index in [1.807, 2.05) is 18.4 Å². The van der Waals surface area contributed by atoms with Gasteiger partial charge in [-0.15, -0.1) is 11.3 Å². The van der Waals surface area contributed by atoms with E-state index in [2.05, 4.69) is 0 Å². The van der Waals surface area contributed by atoms with Gasteiger partial charge in [-0.1, -0.05) is 11.6 Å². The molecule has 1 amide bonds. The number of nitrogen functional groups attached to an aromatic ring is 1. The first-order valence-corrected chi connectivity index (χ1v) is 6.63. The summed E-state index contributed by atoms with van der Waals surface area (Å²) in [6.07, 6.45) is 0. The zero-order chi connectivity index (χ0) is 13.3. The van der Waals surface area contributed by atoms with Crippen LogP contribution < -0.4 is 10.6 Å². The van der Waals surface area contributed by atoms with Gasteiger partial charge in [-0.3, -0.25) is 4.79 Å². The molecule has 0 fully saturated rings. The summed E-state index contributed by atoms with van der Waals surface area (Å²) < 4.78 is 0. The van der Waals surface area contributed by atoms with E-state index in [0.717, 1.165) is 10.4 Å². The number of thiophene rings is 1. The Morgan fingerprint density at radius 1 is 1.39 bits per heavy atom. The Morgan fingerprint density at radius 3 is 2.72 bits per heavy atom. The number of aryl methyl sites for hydroxylation is 1. The zero-order valence-electron chi connectivity index (χ0n) is 10.1. The van der Waals surface area contributed by atoms with E-state index in [4.69, 9.17) is 17.3 Å². The third-order valence-corrected chi connectivity index (χ3v) is 3.95. The van der Waals surface area contributed by atoms with Crippen molar-refractivity contribution in [2.24, 2.45) is 0 Å². The van der Waals surface area contributed by atoms with Crippen molar-refractivity contribution in [1.82, 2.24) is 0 Å². The Bertz CT molecular complexity index is 594. The van der Waals surface area contributed by atoms with Crippen LogP contribution in [0, 0.1) is 6.92 Å². The average Bonchev–Trinajstić information content (AvgIpc) is 2.77. The largest absolute Gasteiger partial charge is 0.397 e. The van der Waals surface area contributed by atoms with Crippen LogP contribution in [-0.4, -0.2) is 13.0 Å². The van der Waals surface area contributed by atoms with E-state index in [1.54, 1.807) is 25.2 Å². The van der Waals surface area contributed by atoms with Crippen LogP contribution >= 0.6 is 22.9 Å². The van der Waals surface area contributed by atoms with Crippen LogP contribution in [0.3, 0.4) is 0 Å². The van der Waals surface area contributed by atoms with Gasteiger partial charge >= 0.3 is 0 Å². The van der Waals surface area contributed by atoms with E-state index in [9.17, 15) is 4.79 Å². The summed E-state index contributed by atoms with van der Waals surface area (Å²) in [5, 5.41) is 2.46. The lowest BCUT2D eigenvalue weighted by Crippen LogP contribution is -2.26. The fourth-order valence-electron chi connectivity index (χ4n) is 1.66. The quantitative estimate of drug-likeness (QED) is 0.855. The fraction of sp³-hybridized carbons (Fsp3) is 0.154. The van der Waals surface area contributed by atoms with Crippen molar-refractivity contribution in [3.05, 3.63) is 45.1 Å². The molecule has 1 heterocycles. The molecule has 1 aromatic heterocycles. The van der Waals surface area contributed by atoms with Crippen LogP contribution in [0.1, 0.15) is 15.2 Å². The molecule has 0 bridgehead atoms. The normalized spacial score (nSPS) is 10.4. The highest BCUT2D eigenvalue weighted by atomic mass is 35.5. The number of carbonyl (C=O) groups is 1. The van der Waals surface area contributed by atoms with Crippen molar-refractivity contribution in [2.75, 3.05) is 17.7 Å². The molecule has 0 aliphatic rings. The molecule has 2 N–H and O–H groups in total. The molecule has 0 aliphatic heterocycles. The van der Waals surface area contributed by atoms with Gasteiger partial charge in [0.1, 0.15) is 0 Å². The van der Waals surface area contributed by atoms with Gasteiger partial charge in [0.05, 0.1) is 16.3 Å². The molecule has 0 radical (unpaired) electrons. The minimum Gasteiger partial charge on any atom is -0.397 e. The van der Waals surface area contributed by atoms with E-state index in [1.165, 1.54) is 16.2 Å². The van der Waals surface area contributed by atoms with Gasteiger partial charge < -0.3 is 10.6 Å². The van der Waals surface area contributed by atoms with Gasteiger partial charge in [0.2, 0.25) is 0 Å². The number of halogens is 1. The summed E-state index contributed by atoms with van der Waals surface area (Å²) in [5.41, 5.74) is 8.00. The monoisotopic (exact) mass is 280 g/mol. The number of nitrogens with zero attached hydrogens (tertiary/aromatic N) is 1. The van der Waals surface area contributed by atoms with E-state index in [0.29, 0.717) is 16.4 Å². The Balaban J connectivity index is 2.37. The summed E-state index contributed by atoms with van der Waals surface area (Å²) in [7, 11) is 1.70. The van der Waals surface area contributed by atoms with Crippen LogP contribution in [0.2, 0.25) is 5.02 Å². The highest BCUT2D eigenvalue weighted by Crippen LogP contribution is 2.28. The van der Waals surface area contributed by atoms with Gasteiger partial charge in [0.15, 0.2) is 0 Å². The van der Waals surface area contributed by atoms with Gasteiger partial charge in [0.25, 0.3) is 5.91 Å². The van der Waals surface area contributed by atoms with Crippen molar-refractivity contribution in [1.29, 1.82) is 0 Å². The molecule has 2 aromatic rings. The van der Waals surface area contributed by atoms with Gasteiger partial charge in [0, 0.05) is 12.1 Å². The lowest BCUT2D eigenvalue weighted by Gasteiger charge is -2.19. The van der Waals surface area contributed by atoms with Crippen molar-refractivity contribution in [2.45, 2.75) is 6.92 Å². The lowest BCUT2D eigenvalue weighted by atomic mass is 10.2. The molecule has 0 saturated heterocycles. The Kier molecular flexibility index (Phi) is 3.59. The maximum atomic E-state index is 12.3. The Hall–Kier alpha value is -1.52.